The van der Waals surface area contributed by atoms with Crippen molar-refractivity contribution in [3.05, 3.63) is 53.1 Å². The van der Waals surface area contributed by atoms with Gasteiger partial charge in [0.25, 0.3) is 0 Å². The second-order valence-electron chi connectivity index (χ2n) is 5.56. The number of rotatable bonds is 6. The van der Waals surface area contributed by atoms with E-state index in [1.54, 1.807) is 7.11 Å². The molecule has 3 nitrogen and oxygen atoms in total. The van der Waals surface area contributed by atoms with Crippen LogP contribution in [-0.2, 0) is 6.42 Å². The predicted molar refractivity (Wildman–Crippen MR) is 95.0 cm³/mol. The molecule has 2 aromatic rings. The summed E-state index contributed by atoms with van der Waals surface area (Å²) in [6.45, 7) is 8.32. The van der Waals surface area contributed by atoms with Gasteiger partial charge in [0.05, 0.1) is 18.5 Å². The minimum absolute atomic E-state index is 0.827. The third-order valence-electron chi connectivity index (χ3n) is 4.03. The first-order valence-corrected chi connectivity index (χ1v) is 7.85. The van der Waals surface area contributed by atoms with Gasteiger partial charge in [-0.05, 0) is 50.1 Å². The van der Waals surface area contributed by atoms with Crippen molar-refractivity contribution >= 4 is 11.4 Å². The molecule has 22 heavy (non-hydrogen) atoms. The summed E-state index contributed by atoms with van der Waals surface area (Å²) in [5, 5.41) is 0. The number of hydrogen-bond acceptors (Lipinski definition) is 3. The molecule has 2 N–H and O–H groups in total. The number of nitrogen functional groups attached to an aromatic ring is 1. The van der Waals surface area contributed by atoms with Crippen LogP contribution in [0.15, 0.2) is 36.4 Å². The number of nitrogens with zero attached hydrogens (tertiary/aromatic N) is 1. The zero-order valence-corrected chi connectivity index (χ0v) is 14.0. The van der Waals surface area contributed by atoms with E-state index in [9.17, 15) is 0 Å². The molecule has 0 unspecified atom stereocenters. The number of anilines is 2. The van der Waals surface area contributed by atoms with Gasteiger partial charge in [-0.2, -0.15) is 0 Å². The first-order valence-electron chi connectivity index (χ1n) is 7.85. The van der Waals surface area contributed by atoms with Crippen molar-refractivity contribution in [1.29, 1.82) is 0 Å². The van der Waals surface area contributed by atoms with E-state index in [0.717, 1.165) is 36.6 Å². The van der Waals surface area contributed by atoms with Crippen molar-refractivity contribution < 1.29 is 4.74 Å². The smallest absolute Gasteiger partial charge is 0.122 e. The second kappa shape index (κ2) is 7.21. The highest BCUT2D eigenvalue weighted by atomic mass is 16.5. The summed E-state index contributed by atoms with van der Waals surface area (Å²) in [5.41, 5.74) is 11.8. The van der Waals surface area contributed by atoms with Gasteiger partial charge in [-0.1, -0.05) is 23.8 Å². The molecule has 0 radical (unpaired) electrons. The Balaban J connectivity index is 2.28. The first kappa shape index (κ1) is 16.2. The molecule has 0 amide bonds. The molecule has 0 spiro atoms. The molecule has 2 rings (SSSR count). The van der Waals surface area contributed by atoms with Crippen LogP contribution in [0.25, 0.3) is 0 Å². The predicted octanol–water partition coefficient (Wildman–Crippen LogP) is 4.02. The fraction of sp³-hybridized carbons (Fsp3) is 0.368. The van der Waals surface area contributed by atoms with Crippen molar-refractivity contribution in [3.8, 4) is 5.75 Å². The fourth-order valence-electron chi connectivity index (χ4n) is 2.83. The van der Waals surface area contributed by atoms with Crippen molar-refractivity contribution in [3.63, 3.8) is 0 Å². The molecule has 0 aliphatic carbocycles. The lowest BCUT2D eigenvalue weighted by atomic mass is 10.0. The summed E-state index contributed by atoms with van der Waals surface area (Å²) in [6.07, 6.45) is 0.827. The van der Waals surface area contributed by atoms with Crippen LogP contribution >= 0.6 is 0 Å². The highest BCUT2D eigenvalue weighted by molar-refractivity contribution is 5.68. The topological polar surface area (TPSA) is 38.5 Å². The van der Waals surface area contributed by atoms with E-state index >= 15 is 0 Å². The van der Waals surface area contributed by atoms with E-state index in [1.807, 2.05) is 6.07 Å². The maximum absolute atomic E-state index is 6.25. The van der Waals surface area contributed by atoms with Crippen LogP contribution in [0.2, 0.25) is 0 Å². The minimum atomic E-state index is 0.827. The van der Waals surface area contributed by atoms with Crippen LogP contribution in [0.1, 0.15) is 30.5 Å². The van der Waals surface area contributed by atoms with Gasteiger partial charge in [0.15, 0.2) is 0 Å². The van der Waals surface area contributed by atoms with E-state index in [4.69, 9.17) is 10.5 Å². The zero-order valence-electron chi connectivity index (χ0n) is 14.0. The zero-order chi connectivity index (χ0) is 16.1. The summed E-state index contributed by atoms with van der Waals surface area (Å²) >= 11 is 0. The molecule has 0 heterocycles. The number of aryl methyl sites for hydroxylation is 1. The van der Waals surface area contributed by atoms with E-state index in [1.165, 1.54) is 16.7 Å². The molecule has 0 atom stereocenters. The number of benzene rings is 2. The highest BCUT2D eigenvalue weighted by Gasteiger charge is 2.09. The molecule has 0 aliphatic rings. The Bertz CT molecular complexity index is 633. The van der Waals surface area contributed by atoms with Crippen LogP contribution in [0.3, 0.4) is 0 Å². The van der Waals surface area contributed by atoms with Gasteiger partial charge in [0.1, 0.15) is 5.75 Å². The Hall–Kier alpha value is -2.16. The third-order valence-corrected chi connectivity index (χ3v) is 4.03. The van der Waals surface area contributed by atoms with Crippen LogP contribution in [0.4, 0.5) is 11.4 Å². The van der Waals surface area contributed by atoms with Crippen LogP contribution in [0, 0.1) is 6.92 Å². The largest absolute Gasteiger partial charge is 0.496 e. The molecule has 0 fully saturated rings. The van der Waals surface area contributed by atoms with Crippen molar-refractivity contribution in [1.82, 2.24) is 0 Å². The second-order valence-corrected chi connectivity index (χ2v) is 5.56. The monoisotopic (exact) mass is 298 g/mol. The van der Waals surface area contributed by atoms with Gasteiger partial charge < -0.3 is 15.4 Å². The van der Waals surface area contributed by atoms with Gasteiger partial charge in [0, 0.05) is 19.5 Å². The molecular weight excluding hydrogens is 272 g/mol. The molecule has 0 saturated heterocycles. The lowest BCUT2D eigenvalue weighted by Crippen LogP contribution is -2.22. The Labute approximate surface area is 133 Å². The standard InChI is InChI=1S/C19H26N2O/c1-5-21(6-2)18-9-8-15(13-17(18)20)12-16-11-14(3)7-10-19(16)22-4/h7-11,13H,5-6,12,20H2,1-4H3. The Morgan fingerprint density at radius 3 is 2.36 bits per heavy atom. The SMILES string of the molecule is CCN(CC)c1ccc(Cc2cc(C)ccc2OC)cc1N. The molecule has 0 aliphatic heterocycles. The van der Waals surface area contributed by atoms with Crippen molar-refractivity contribution in [2.45, 2.75) is 27.2 Å². The van der Waals surface area contributed by atoms with Gasteiger partial charge >= 0.3 is 0 Å². The Kier molecular flexibility index (Phi) is 5.31. The highest BCUT2D eigenvalue weighted by Crippen LogP contribution is 2.28. The lowest BCUT2D eigenvalue weighted by Gasteiger charge is -2.23. The van der Waals surface area contributed by atoms with Crippen molar-refractivity contribution in [2.75, 3.05) is 30.8 Å². The minimum Gasteiger partial charge on any atom is -0.496 e. The van der Waals surface area contributed by atoms with Crippen molar-refractivity contribution in [2.24, 2.45) is 0 Å². The average Bonchev–Trinajstić information content (AvgIpc) is 2.50. The normalized spacial score (nSPS) is 10.5. The third kappa shape index (κ3) is 3.53. The molecule has 118 valence electrons. The maximum Gasteiger partial charge on any atom is 0.122 e. The van der Waals surface area contributed by atoms with Crippen LogP contribution < -0.4 is 15.4 Å². The van der Waals surface area contributed by atoms with E-state index < -0.39 is 0 Å². The first-order chi connectivity index (χ1) is 10.6. The number of hydrogen-bond donors (Lipinski definition) is 1. The van der Waals surface area contributed by atoms with Gasteiger partial charge in [-0.25, -0.2) is 0 Å². The molecular formula is C19H26N2O. The fourth-order valence-corrected chi connectivity index (χ4v) is 2.83. The van der Waals surface area contributed by atoms with E-state index in [2.05, 4.69) is 56.0 Å². The maximum atomic E-state index is 6.25. The molecule has 2 aromatic carbocycles. The van der Waals surface area contributed by atoms with E-state index in [-0.39, 0.29) is 0 Å². The van der Waals surface area contributed by atoms with Crippen LogP contribution in [0.5, 0.6) is 5.75 Å². The molecule has 0 bridgehead atoms. The number of ether oxygens (including phenoxy) is 1. The summed E-state index contributed by atoms with van der Waals surface area (Å²) in [7, 11) is 1.71. The molecule has 0 saturated carbocycles. The number of methoxy groups -OCH3 is 1. The van der Waals surface area contributed by atoms with E-state index in [0.29, 0.717) is 0 Å². The van der Waals surface area contributed by atoms with Gasteiger partial charge in [-0.3, -0.25) is 0 Å². The lowest BCUT2D eigenvalue weighted by molar-refractivity contribution is 0.410. The molecule has 3 heteroatoms. The van der Waals surface area contributed by atoms with Crippen LogP contribution in [-0.4, -0.2) is 20.2 Å². The summed E-state index contributed by atoms with van der Waals surface area (Å²) in [6, 6.07) is 12.6. The Morgan fingerprint density at radius 1 is 1.05 bits per heavy atom. The molecule has 0 aromatic heterocycles. The quantitative estimate of drug-likeness (QED) is 0.819. The summed E-state index contributed by atoms with van der Waals surface area (Å²) in [5.74, 6) is 0.928. The van der Waals surface area contributed by atoms with Gasteiger partial charge in [0.2, 0.25) is 0 Å². The number of nitrogens with two attached hydrogens (primary N) is 1. The summed E-state index contributed by atoms with van der Waals surface area (Å²) < 4.78 is 5.46. The average molecular weight is 298 g/mol. The van der Waals surface area contributed by atoms with Gasteiger partial charge in [-0.15, -0.1) is 0 Å². The Morgan fingerprint density at radius 2 is 1.77 bits per heavy atom. The summed E-state index contributed by atoms with van der Waals surface area (Å²) in [4.78, 5) is 2.27.